The van der Waals surface area contributed by atoms with E-state index in [0.717, 1.165) is 67.7 Å². The van der Waals surface area contributed by atoms with Gasteiger partial charge in [0.15, 0.2) is 5.52 Å². The zero-order valence-corrected chi connectivity index (χ0v) is 35.5. The van der Waals surface area contributed by atoms with E-state index in [1.54, 1.807) is 11.6 Å². The lowest BCUT2D eigenvalue weighted by molar-refractivity contribution is -0.383. The number of rotatable bonds is 21. The number of carbonyl (C=O) groups excluding carboxylic acids is 2. The van der Waals surface area contributed by atoms with Crippen LogP contribution in [0.25, 0.3) is 11.0 Å². The zero-order chi connectivity index (χ0) is 40.6. The van der Waals surface area contributed by atoms with Gasteiger partial charge in [-0.25, -0.2) is 4.63 Å². The first kappa shape index (κ1) is 43.0. The van der Waals surface area contributed by atoms with Gasteiger partial charge in [0.1, 0.15) is 0 Å². The van der Waals surface area contributed by atoms with Crippen LogP contribution in [-0.2, 0) is 9.59 Å². The Kier molecular flexibility index (Phi) is 14.7. The summed E-state index contributed by atoms with van der Waals surface area (Å²) in [5.74, 6) is 5.14. The number of nitro groups is 1. The van der Waals surface area contributed by atoms with Crippen LogP contribution in [0.2, 0.25) is 0 Å². The second kappa shape index (κ2) is 19.5. The molecule has 12 heteroatoms. The van der Waals surface area contributed by atoms with E-state index in [4.69, 9.17) is 4.63 Å². The second-order valence-electron chi connectivity index (χ2n) is 19.1. The Hall–Kier alpha value is -3.54. The lowest BCUT2D eigenvalue weighted by Crippen LogP contribution is -2.51. The van der Waals surface area contributed by atoms with E-state index >= 15 is 0 Å². The van der Waals surface area contributed by atoms with Gasteiger partial charge in [0.2, 0.25) is 17.3 Å². The molecule has 0 spiro atoms. The molecule has 2 aromatic rings. The van der Waals surface area contributed by atoms with Crippen LogP contribution in [0.3, 0.4) is 0 Å². The van der Waals surface area contributed by atoms with E-state index in [1.165, 1.54) is 76.7 Å². The molecular formula is C45H71N7O5. The molecule has 12 nitrogen and oxygen atoms in total. The number of unbranched alkanes of at least 4 members (excludes halogenated alkanes) is 2. The Morgan fingerprint density at radius 2 is 1.65 bits per heavy atom. The number of hydrogen-bond donors (Lipinski definition) is 4. The Morgan fingerprint density at radius 3 is 2.46 bits per heavy atom. The van der Waals surface area contributed by atoms with Crippen molar-refractivity contribution in [2.45, 2.75) is 150 Å². The molecule has 4 N–H and O–H groups in total. The topological polar surface area (TPSA) is 164 Å². The van der Waals surface area contributed by atoms with E-state index in [0.29, 0.717) is 54.1 Å². The average molecular weight is 790 g/mol. The van der Waals surface area contributed by atoms with E-state index < -0.39 is 4.92 Å². The molecule has 0 bridgehead atoms. The maximum absolute atomic E-state index is 12.4. The van der Waals surface area contributed by atoms with Gasteiger partial charge in [-0.05, 0) is 140 Å². The first-order valence-corrected chi connectivity index (χ1v) is 22.5. The number of hydrogen-bond acceptors (Lipinski definition) is 9. The van der Waals surface area contributed by atoms with Gasteiger partial charge in [0, 0.05) is 44.6 Å². The molecule has 1 aromatic carbocycles. The van der Waals surface area contributed by atoms with Crippen molar-refractivity contribution in [1.82, 2.24) is 26.3 Å². The maximum Gasteiger partial charge on any atom is 0.300 e. The summed E-state index contributed by atoms with van der Waals surface area (Å²) in [5.41, 5.74) is 3.55. The molecule has 3 fully saturated rings. The van der Waals surface area contributed by atoms with Crippen LogP contribution in [0.5, 0.6) is 0 Å². The Labute approximate surface area is 340 Å². The van der Waals surface area contributed by atoms with Crippen molar-refractivity contribution in [2.24, 2.45) is 46.3 Å². The van der Waals surface area contributed by atoms with Crippen molar-refractivity contribution < 1.29 is 19.1 Å². The molecule has 0 saturated heterocycles. The van der Waals surface area contributed by atoms with Gasteiger partial charge in [-0.2, -0.15) is 0 Å². The minimum Gasteiger partial charge on any atom is -0.383 e. The molecule has 57 heavy (non-hydrogen) atoms. The van der Waals surface area contributed by atoms with Crippen LogP contribution in [0.1, 0.15) is 144 Å². The summed E-state index contributed by atoms with van der Waals surface area (Å²) in [6, 6.07) is 3.51. The first-order chi connectivity index (χ1) is 27.4. The lowest BCUT2D eigenvalue weighted by atomic mass is 9.47. The third-order valence-electron chi connectivity index (χ3n) is 15.1. The van der Waals surface area contributed by atoms with Gasteiger partial charge in [-0.15, -0.1) is 0 Å². The predicted octanol–water partition coefficient (Wildman–Crippen LogP) is 9.12. The maximum atomic E-state index is 12.4. The molecule has 4 aliphatic rings. The number of aromatic nitrogens is 2. The van der Waals surface area contributed by atoms with E-state index in [9.17, 15) is 19.7 Å². The molecule has 4 aliphatic carbocycles. The molecule has 1 aromatic heterocycles. The van der Waals surface area contributed by atoms with E-state index in [2.05, 4.69) is 72.3 Å². The van der Waals surface area contributed by atoms with Crippen LogP contribution in [-0.4, -0.2) is 59.3 Å². The molecule has 316 valence electrons. The van der Waals surface area contributed by atoms with Crippen molar-refractivity contribution in [3.63, 3.8) is 0 Å². The highest BCUT2D eigenvalue weighted by Crippen LogP contribution is 2.67. The van der Waals surface area contributed by atoms with E-state index in [1.807, 2.05) is 0 Å². The summed E-state index contributed by atoms with van der Waals surface area (Å²) in [6.45, 7) is 15.1. The fourth-order valence-electron chi connectivity index (χ4n) is 11.9. The highest BCUT2D eigenvalue weighted by molar-refractivity contribution is 5.93. The number of nitro benzene ring substituents is 1. The number of carbonyl (C=O) groups is 2. The average Bonchev–Trinajstić information content (AvgIpc) is 3.81. The SMILES string of the molecule is CC(C)CCC[C@@H](C)[C@H]1CC[C@H]2[C@@H]3CC=C4C[C@@H](NCCCNC(=O)CCNC(=O)CCCCCNc5ccc([N+](=O)[O-])c6nonc56)CC[C@]4(C)[C@H]3CC[C@]12C. The fraction of sp³-hybridized carbons (Fsp3) is 0.778. The Morgan fingerprint density at radius 1 is 0.860 bits per heavy atom. The molecule has 6 rings (SSSR count). The number of nitrogens with zero attached hydrogens (tertiary/aromatic N) is 3. The van der Waals surface area contributed by atoms with Gasteiger partial charge in [-0.3, -0.25) is 19.7 Å². The minimum atomic E-state index is -0.513. The number of anilines is 1. The van der Waals surface area contributed by atoms with Gasteiger partial charge in [-0.1, -0.05) is 72.0 Å². The quantitative estimate of drug-likeness (QED) is 0.0418. The van der Waals surface area contributed by atoms with Crippen LogP contribution in [0.4, 0.5) is 11.4 Å². The molecular weight excluding hydrogens is 719 g/mol. The molecule has 1 heterocycles. The van der Waals surface area contributed by atoms with Crippen LogP contribution >= 0.6 is 0 Å². The molecule has 0 unspecified atom stereocenters. The molecule has 3 saturated carbocycles. The standard InChI is InChI=1S/C45H71N7O5/c1-30(2)11-9-12-31(3)35-16-17-36-34-15-14-32-29-33(20-23-44(32,4)37(34)21-24-45(35,36)5)46-26-10-27-48-41(54)22-28-49-40(53)13-7-6-8-25-47-38-18-19-39(52(55)56)43-42(38)50-57-51-43/h14,18-19,30-31,33-37,46-47H,6-13,15-17,20-29H2,1-5H3,(H,48,54)(H,49,53)/t31-,33+,34+,35-,36+,37+,44+,45-/m1/s1. The summed E-state index contributed by atoms with van der Waals surface area (Å²) >= 11 is 0. The van der Waals surface area contributed by atoms with Crippen LogP contribution in [0, 0.1) is 56.5 Å². The number of fused-ring (bicyclic) bond motifs is 6. The number of non-ortho nitro benzene ring substituents is 1. The number of amides is 2. The van der Waals surface area contributed by atoms with Gasteiger partial charge in [0.25, 0.3) is 0 Å². The predicted molar refractivity (Wildman–Crippen MR) is 226 cm³/mol. The van der Waals surface area contributed by atoms with Gasteiger partial charge < -0.3 is 21.3 Å². The first-order valence-electron chi connectivity index (χ1n) is 22.5. The number of nitrogens with one attached hydrogen (secondary N) is 4. The highest BCUT2D eigenvalue weighted by atomic mass is 16.6. The van der Waals surface area contributed by atoms with Crippen molar-refractivity contribution in [3.8, 4) is 0 Å². The minimum absolute atomic E-state index is 0.0304. The zero-order valence-electron chi connectivity index (χ0n) is 35.5. The molecule has 8 atom stereocenters. The summed E-state index contributed by atoms with van der Waals surface area (Å²) in [7, 11) is 0. The molecule has 0 aliphatic heterocycles. The molecule has 2 amide bonds. The van der Waals surface area contributed by atoms with Crippen LogP contribution < -0.4 is 21.3 Å². The summed E-state index contributed by atoms with van der Waals surface area (Å²) in [6.07, 6.45) is 21.6. The third-order valence-corrected chi connectivity index (χ3v) is 15.1. The smallest absolute Gasteiger partial charge is 0.300 e. The summed E-state index contributed by atoms with van der Waals surface area (Å²) < 4.78 is 4.70. The summed E-state index contributed by atoms with van der Waals surface area (Å²) in [5, 5.41) is 31.5. The van der Waals surface area contributed by atoms with Crippen molar-refractivity contribution in [3.05, 3.63) is 33.9 Å². The second-order valence-corrected chi connectivity index (χ2v) is 19.1. The largest absolute Gasteiger partial charge is 0.383 e. The van der Waals surface area contributed by atoms with Crippen molar-refractivity contribution >= 4 is 34.2 Å². The van der Waals surface area contributed by atoms with E-state index in [-0.39, 0.29) is 29.4 Å². The monoisotopic (exact) mass is 790 g/mol. The van der Waals surface area contributed by atoms with Crippen molar-refractivity contribution in [2.75, 3.05) is 31.5 Å². The third kappa shape index (κ3) is 10.2. The van der Waals surface area contributed by atoms with Gasteiger partial charge in [0.05, 0.1) is 10.6 Å². The number of benzene rings is 1. The fourth-order valence-corrected chi connectivity index (χ4v) is 11.9. The Bertz CT molecular complexity index is 1710. The Balaban J connectivity index is 0.808. The summed E-state index contributed by atoms with van der Waals surface area (Å²) in [4.78, 5) is 35.4. The van der Waals surface area contributed by atoms with Crippen LogP contribution in [0.15, 0.2) is 28.4 Å². The number of allylic oxidation sites excluding steroid dienone is 1. The highest BCUT2D eigenvalue weighted by Gasteiger charge is 2.59. The van der Waals surface area contributed by atoms with Gasteiger partial charge >= 0.3 is 5.69 Å². The van der Waals surface area contributed by atoms with Crippen molar-refractivity contribution in [1.29, 1.82) is 0 Å². The molecule has 0 radical (unpaired) electrons. The normalized spacial score (nSPS) is 28.6. The lowest BCUT2D eigenvalue weighted by Gasteiger charge is -2.58.